The number of rotatable bonds is 3. The third-order valence-corrected chi connectivity index (χ3v) is 5.84. The van der Waals surface area contributed by atoms with Crippen LogP contribution < -0.4 is 10.9 Å². The van der Waals surface area contributed by atoms with Crippen LogP contribution in [-0.4, -0.2) is 34.3 Å². The van der Waals surface area contributed by atoms with Crippen molar-refractivity contribution in [2.24, 2.45) is 5.92 Å². The summed E-state index contributed by atoms with van der Waals surface area (Å²) in [5.41, 5.74) is 1.85. The molecular weight excluding hydrogens is 342 g/mol. The number of carbonyl (C=O) groups is 2. The average Bonchev–Trinajstić information content (AvgIpc) is 3.05. The standard InChI is InChI=1S/C21H25N3O3/c1-13-9-14-7-8-16(11-18(14)23-20(13)26)22-21(27)15-10-19(25)24(12-15)17-5-3-2-4-6-17/h7-9,11,15,17H,2-6,10,12H2,1H3,(H,22,27)(H,23,26). The second-order valence-electron chi connectivity index (χ2n) is 7.81. The normalized spacial score (nSPS) is 21.0. The summed E-state index contributed by atoms with van der Waals surface area (Å²) in [6.07, 6.45) is 5.97. The zero-order valence-corrected chi connectivity index (χ0v) is 15.6. The summed E-state index contributed by atoms with van der Waals surface area (Å²) in [5, 5.41) is 3.84. The molecule has 6 nitrogen and oxygen atoms in total. The van der Waals surface area contributed by atoms with Gasteiger partial charge in [-0.05, 0) is 43.4 Å². The molecule has 2 N–H and O–H groups in total. The van der Waals surface area contributed by atoms with E-state index in [4.69, 9.17) is 0 Å². The maximum absolute atomic E-state index is 12.7. The molecule has 1 aromatic carbocycles. The second-order valence-corrected chi connectivity index (χ2v) is 7.81. The highest BCUT2D eigenvalue weighted by Gasteiger charge is 2.38. The number of pyridine rings is 1. The Morgan fingerprint density at radius 1 is 1.15 bits per heavy atom. The minimum atomic E-state index is -0.313. The number of carbonyl (C=O) groups excluding carboxylic acids is 2. The Labute approximate surface area is 157 Å². The summed E-state index contributed by atoms with van der Waals surface area (Å²) in [4.78, 5) is 41.6. The number of hydrogen-bond acceptors (Lipinski definition) is 3. The van der Waals surface area contributed by atoms with E-state index in [2.05, 4.69) is 10.3 Å². The van der Waals surface area contributed by atoms with E-state index in [0.29, 0.717) is 29.4 Å². The van der Waals surface area contributed by atoms with Gasteiger partial charge in [0.25, 0.3) is 5.56 Å². The van der Waals surface area contributed by atoms with Crippen molar-refractivity contribution in [2.75, 3.05) is 11.9 Å². The molecule has 142 valence electrons. The summed E-state index contributed by atoms with van der Waals surface area (Å²) >= 11 is 0. The van der Waals surface area contributed by atoms with Crippen molar-refractivity contribution in [1.29, 1.82) is 0 Å². The van der Waals surface area contributed by atoms with Crippen LogP contribution in [0.3, 0.4) is 0 Å². The van der Waals surface area contributed by atoms with Crippen molar-refractivity contribution in [3.63, 3.8) is 0 Å². The van der Waals surface area contributed by atoms with E-state index < -0.39 is 0 Å². The van der Waals surface area contributed by atoms with Crippen LogP contribution in [0.5, 0.6) is 0 Å². The molecule has 27 heavy (non-hydrogen) atoms. The Balaban J connectivity index is 1.46. The summed E-state index contributed by atoms with van der Waals surface area (Å²) < 4.78 is 0. The molecule has 2 heterocycles. The largest absolute Gasteiger partial charge is 0.339 e. The molecular formula is C21H25N3O3. The molecule has 1 aliphatic heterocycles. The zero-order chi connectivity index (χ0) is 19.0. The highest BCUT2D eigenvalue weighted by atomic mass is 16.2. The van der Waals surface area contributed by atoms with Crippen LogP contribution in [0.2, 0.25) is 0 Å². The topological polar surface area (TPSA) is 82.3 Å². The molecule has 1 atom stereocenters. The number of fused-ring (bicyclic) bond motifs is 1. The summed E-state index contributed by atoms with van der Waals surface area (Å²) in [5.74, 6) is -0.344. The van der Waals surface area contributed by atoms with E-state index in [1.165, 1.54) is 19.3 Å². The van der Waals surface area contributed by atoms with Crippen molar-refractivity contribution in [3.8, 4) is 0 Å². The Bertz CT molecular complexity index is 943. The fraction of sp³-hybridized carbons (Fsp3) is 0.476. The van der Waals surface area contributed by atoms with E-state index in [0.717, 1.165) is 18.2 Å². The molecule has 0 spiro atoms. The highest BCUT2D eigenvalue weighted by Crippen LogP contribution is 2.29. The number of amides is 2. The number of aromatic nitrogens is 1. The molecule has 1 saturated heterocycles. The number of aromatic amines is 1. The quantitative estimate of drug-likeness (QED) is 0.875. The van der Waals surface area contributed by atoms with Gasteiger partial charge < -0.3 is 15.2 Å². The lowest BCUT2D eigenvalue weighted by Crippen LogP contribution is -2.38. The van der Waals surface area contributed by atoms with Gasteiger partial charge in [0.05, 0.1) is 11.4 Å². The van der Waals surface area contributed by atoms with E-state index in [1.807, 2.05) is 23.1 Å². The predicted octanol–water partition coefficient (Wildman–Crippen LogP) is 2.96. The maximum atomic E-state index is 12.7. The molecule has 0 radical (unpaired) electrons. The first-order chi connectivity index (χ1) is 13.0. The lowest BCUT2D eigenvalue weighted by molar-refractivity contribution is -0.130. The summed E-state index contributed by atoms with van der Waals surface area (Å²) in [7, 11) is 0. The van der Waals surface area contributed by atoms with E-state index >= 15 is 0 Å². The Hall–Kier alpha value is -2.63. The fourth-order valence-electron chi connectivity index (χ4n) is 4.29. The molecule has 1 unspecified atom stereocenters. The number of nitrogens with zero attached hydrogens (tertiary/aromatic N) is 1. The number of anilines is 1. The van der Waals surface area contributed by atoms with Crippen LogP contribution in [0.25, 0.3) is 10.9 Å². The van der Waals surface area contributed by atoms with Gasteiger partial charge in [0.1, 0.15) is 0 Å². The van der Waals surface area contributed by atoms with Gasteiger partial charge in [0.15, 0.2) is 0 Å². The summed E-state index contributed by atoms with van der Waals surface area (Å²) in [6.45, 7) is 2.28. The summed E-state index contributed by atoms with van der Waals surface area (Å²) in [6, 6.07) is 7.61. The second kappa shape index (κ2) is 7.18. The number of hydrogen-bond donors (Lipinski definition) is 2. The van der Waals surface area contributed by atoms with Crippen LogP contribution >= 0.6 is 0 Å². The van der Waals surface area contributed by atoms with Gasteiger partial charge in [-0.2, -0.15) is 0 Å². The third-order valence-electron chi connectivity index (χ3n) is 5.84. The van der Waals surface area contributed by atoms with Crippen molar-refractivity contribution in [2.45, 2.75) is 51.5 Å². The zero-order valence-electron chi connectivity index (χ0n) is 15.6. The lowest BCUT2D eigenvalue weighted by atomic mass is 9.94. The molecule has 4 rings (SSSR count). The molecule has 0 bridgehead atoms. The predicted molar refractivity (Wildman–Crippen MR) is 105 cm³/mol. The smallest absolute Gasteiger partial charge is 0.251 e. The van der Waals surface area contributed by atoms with Crippen LogP contribution in [0.15, 0.2) is 29.1 Å². The van der Waals surface area contributed by atoms with Gasteiger partial charge >= 0.3 is 0 Å². The van der Waals surface area contributed by atoms with Crippen LogP contribution in [-0.2, 0) is 9.59 Å². The van der Waals surface area contributed by atoms with Crippen LogP contribution in [0.1, 0.15) is 44.1 Å². The lowest BCUT2D eigenvalue weighted by Gasteiger charge is -2.31. The highest BCUT2D eigenvalue weighted by molar-refractivity contribution is 5.98. The Morgan fingerprint density at radius 2 is 1.93 bits per heavy atom. The first kappa shape index (κ1) is 17.8. The molecule has 1 aliphatic carbocycles. The van der Waals surface area contributed by atoms with Gasteiger partial charge in [-0.3, -0.25) is 14.4 Å². The van der Waals surface area contributed by atoms with Crippen LogP contribution in [0, 0.1) is 12.8 Å². The number of nitrogens with one attached hydrogen (secondary N) is 2. The molecule has 1 aromatic heterocycles. The van der Waals surface area contributed by atoms with Crippen molar-refractivity contribution >= 4 is 28.4 Å². The van der Waals surface area contributed by atoms with Gasteiger partial charge in [-0.25, -0.2) is 0 Å². The van der Waals surface area contributed by atoms with Crippen molar-refractivity contribution < 1.29 is 9.59 Å². The van der Waals surface area contributed by atoms with Gasteiger partial charge in [0, 0.05) is 30.3 Å². The SMILES string of the molecule is Cc1cc2ccc(NC(=O)C3CC(=O)N(C4CCCCC4)C3)cc2[nH]c1=O. The van der Waals surface area contributed by atoms with Crippen LogP contribution in [0.4, 0.5) is 5.69 Å². The van der Waals surface area contributed by atoms with Crippen molar-refractivity contribution in [3.05, 3.63) is 40.2 Å². The molecule has 2 aromatic rings. The molecule has 2 fully saturated rings. The molecule has 6 heteroatoms. The fourth-order valence-corrected chi connectivity index (χ4v) is 4.29. The number of aryl methyl sites for hydroxylation is 1. The van der Waals surface area contributed by atoms with Gasteiger partial charge in [0.2, 0.25) is 11.8 Å². The number of H-pyrrole nitrogens is 1. The first-order valence-electron chi connectivity index (χ1n) is 9.75. The average molecular weight is 367 g/mol. The monoisotopic (exact) mass is 367 g/mol. The molecule has 2 aliphatic rings. The minimum Gasteiger partial charge on any atom is -0.339 e. The molecule has 2 amide bonds. The van der Waals surface area contributed by atoms with Gasteiger partial charge in [-0.1, -0.05) is 25.3 Å². The van der Waals surface area contributed by atoms with E-state index in [9.17, 15) is 14.4 Å². The third kappa shape index (κ3) is 3.61. The minimum absolute atomic E-state index is 0.0976. The first-order valence-corrected chi connectivity index (χ1v) is 9.75. The van der Waals surface area contributed by atoms with E-state index in [-0.39, 0.29) is 29.7 Å². The number of benzene rings is 1. The molecule has 1 saturated carbocycles. The van der Waals surface area contributed by atoms with E-state index in [1.54, 1.807) is 13.0 Å². The van der Waals surface area contributed by atoms with Crippen molar-refractivity contribution in [1.82, 2.24) is 9.88 Å². The Morgan fingerprint density at radius 3 is 2.70 bits per heavy atom. The van der Waals surface area contributed by atoms with Gasteiger partial charge in [-0.15, -0.1) is 0 Å². The number of likely N-dealkylation sites (tertiary alicyclic amines) is 1. The Kier molecular flexibility index (Phi) is 4.72. The maximum Gasteiger partial charge on any atom is 0.251 e.